The van der Waals surface area contributed by atoms with Gasteiger partial charge in [-0.3, -0.25) is 9.10 Å². The topological polar surface area (TPSA) is 145 Å². The van der Waals surface area contributed by atoms with E-state index in [1.807, 2.05) is 0 Å². The Balaban J connectivity index is 1.70. The molecule has 0 bridgehead atoms. The fraction of sp³-hybridized carbons (Fsp3) is 0.464. The first kappa shape index (κ1) is 34.3. The average molecular weight is 669 g/mol. The molecule has 4 rings (SSSR count). The van der Waals surface area contributed by atoms with Crippen LogP contribution in [-0.2, 0) is 26.8 Å². The molecule has 0 aromatic heterocycles. The maximum absolute atomic E-state index is 13.8. The first-order chi connectivity index (χ1) is 20.8. The van der Waals surface area contributed by atoms with Crippen LogP contribution in [0.4, 0.5) is 36.4 Å². The van der Waals surface area contributed by atoms with Crippen molar-refractivity contribution < 1.29 is 54.2 Å². The number of alkyl halides is 6. The van der Waals surface area contributed by atoms with E-state index in [4.69, 9.17) is 5.73 Å². The predicted octanol–water partition coefficient (Wildman–Crippen LogP) is 3.31. The second kappa shape index (κ2) is 12.0. The highest BCUT2D eigenvalue weighted by molar-refractivity contribution is 7.92. The van der Waals surface area contributed by atoms with Crippen LogP contribution in [0.2, 0.25) is 0 Å². The lowest BCUT2D eigenvalue weighted by molar-refractivity contribution is -0.376. The van der Waals surface area contributed by atoms with E-state index in [-0.39, 0.29) is 30.7 Å². The molecule has 1 saturated carbocycles. The second-order valence-electron chi connectivity index (χ2n) is 11.2. The van der Waals surface area contributed by atoms with Crippen molar-refractivity contribution in [1.82, 2.24) is 10.6 Å². The van der Waals surface area contributed by atoms with Gasteiger partial charge in [-0.25, -0.2) is 12.8 Å². The second-order valence-corrected chi connectivity index (χ2v) is 13.0. The lowest BCUT2D eigenvalue weighted by Crippen LogP contribution is -2.54. The van der Waals surface area contributed by atoms with E-state index < -0.39 is 74.1 Å². The molecule has 3 atom stereocenters. The molecular formula is C28H31F7N4O5S. The van der Waals surface area contributed by atoms with Crippen LogP contribution in [0.15, 0.2) is 59.3 Å². The van der Waals surface area contributed by atoms with Gasteiger partial charge in [0, 0.05) is 42.4 Å². The third-order valence-electron chi connectivity index (χ3n) is 8.33. The van der Waals surface area contributed by atoms with Gasteiger partial charge in [0.25, 0.3) is 15.6 Å². The fourth-order valence-electron chi connectivity index (χ4n) is 5.64. The number of amides is 1. The number of benzene rings is 2. The number of fused-ring (bicyclic) bond motifs is 1. The monoisotopic (exact) mass is 668 g/mol. The first-order valence-electron chi connectivity index (χ1n) is 13.6. The summed E-state index contributed by atoms with van der Waals surface area (Å²) in [5, 5.41) is 25.5. The van der Waals surface area contributed by atoms with Gasteiger partial charge in [0.15, 0.2) is 0 Å². The van der Waals surface area contributed by atoms with Gasteiger partial charge in [-0.15, -0.1) is 0 Å². The Hall–Kier alpha value is -3.57. The molecule has 2 aliphatic rings. The lowest BCUT2D eigenvalue weighted by Gasteiger charge is -2.39. The number of aryl methyl sites for hydroxylation is 1. The highest BCUT2D eigenvalue weighted by Gasteiger charge is 2.71. The van der Waals surface area contributed by atoms with Crippen molar-refractivity contribution in [3.8, 4) is 0 Å². The Morgan fingerprint density at radius 2 is 1.73 bits per heavy atom. The first-order valence-corrected chi connectivity index (χ1v) is 15.1. The van der Waals surface area contributed by atoms with E-state index in [2.05, 4.69) is 10.6 Å². The minimum Gasteiger partial charge on any atom is -0.403 e. The minimum atomic E-state index is -6.16. The molecule has 1 fully saturated rings. The SMILES string of the molecule is CN/C(=C\N)C[C@]1(CO)CC1NC(=O)CC1CCc2cc(C(O)(C(F)(F)F)C(F)(F)F)ccc2N1S(=O)(=O)c1ccc(F)cc1. The van der Waals surface area contributed by atoms with Crippen LogP contribution in [0.1, 0.15) is 36.8 Å². The van der Waals surface area contributed by atoms with Crippen LogP contribution in [0.3, 0.4) is 0 Å². The largest absolute Gasteiger partial charge is 0.430 e. The maximum Gasteiger partial charge on any atom is 0.430 e. The van der Waals surface area contributed by atoms with E-state index in [1.165, 1.54) is 6.20 Å². The molecule has 1 aliphatic carbocycles. The number of hydrogen-bond donors (Lipinski definition) is 5. The summed E-state index contributed by atoms with van der Waals surface area (Å²) < 4.78 is 123. The number of sulfonamides is 1. The summed E-state index contributed by atoms with van der Waals surface area (Å²) in [5.74, 6) is -1.39. The van der Waals surface area contributed by atoms with E-state index in [0.29, 0.717) is 36.7 Å². The standard InChI is InChI=1S/C28H31F7N4O5S/c1-37-19(14-36)12-25(15-40)13-23(25)38-24(41)11-20-6-2-16-10-17(26(42,27(30,31)32)28(33,34)35)3-9-22(16)39(20)45(43,44)21-7-4-18(29)5-8-21/h3-5,7-10,14,20,23,37,40,42H,2,6,11-13,15,36H2,1H3,(H,38,41)/b19-14-/t20?,23?,25-/m1/s1. The number of rotatable bonds is 10. The number of nitrogens with two attached hydrogens (primary N) is 1. The molecule has 0 saturated heterocycles. The number of aliphatic hydroxyl groups excluding tert-OH is 1. The Morgan fingerprint density at radius 1 is 1.11 bits per heavy atom. The molecule has 0 spiro atoms. The zero-order valence-corrected chi connectivity index (χ0v) is 24.5. The molecule has 2 aromatic rings. The molecule has 0 radical (unpaired) electrons. The number of hydrogen-bond acceptors (Lipinski definition) is 7. The number of allylic oxidation sites excluding steroid dienone is 1. The van der Waals surface area contributed by atoms with E-state index in [0.717, 1.165) is 28.6 Å². The molecule has 2 aromatic carbocycles. The van der Waals surface area contributed by atoms with Crippen molar-refractivity contribution in [3.05, 3.63) is 71.3 Å². The molecule has 9 nitrogen and oxygen atoms in total. The van der Waals surface area contributed by atoms with Gasteiger partial charge in [0.1, 0.15) is 5.82 Å². The van der Waals surface area contributed by atoms with E-state index in [9.17, 15) is 54.2 Å². The summed E-state index contributed by atoms with van der Waals surface area (Å²) in [6, 6.07) is 3.43. The smallest absolute Gasteiger partial charge is 0.403 e. The van der Waals surface area contributed by atoms with Gasteiger partial charge in [-0.2, -0.15) is 26.3 Å². The number of halogens is 7. The Bertz CT molecular complexity index is 1550. The van der Waals surface area contributed by atoms with Crippen molar-refractivity contribution in [2.45, 2.75) is 67.0 Å². The van der Waals surface area contributed by atoms with Crippen LogP contribution < -0.4 is 20.7 Å². The Labute approximate surface area is 253 Å². The van der Waals surface area contributed by atoms with Gasteiger partial charge in [0.2, 0.25) is 5.91 Å². The average Bonchev–Trinajstić information content (AvgIpc) is 3.65. The van der Waals surface area contributed by atoms with Crippen molar-refractivity contribution in [1.29, 1.82) is 0 Å². The number of aliphatic hydroxyl groups is 2. The van der Waals surface area contributed by atoms with Crippen molar-refractivity contribution >= 4 is 21.6 Å². The van der Waals surface area contributed by atoms with Gasteiger partial charge in [-0.05, 0) is 61.6 Å². The molecule has 6 N–H and O–H groups in total. The molecule has 1 aliphatic heterocycles. The van der Waals surface area contributed by atoms with Gasteiger partial charge >= 0.3 is 12.4 Å². The van der Waals surface area contributed by atoms with E-state index in [1.54, 1.807) is 7.05 Å². The van der Waals surface area contributed by atoms with Crippen LogP contribution in [0.25, 0.3) is 0 Å². The maximum atomic E-state index is 13.8. The quantitative estimate of drug-likeness (QED) is 0.245. The normalized spacial score (nSPS) is 22.5. The van der Waals surface area contributed by atoms with Gasteiger partial charge in [-0.1, -0.05) is 12.1 Å². The van der Waals surface area contributed by atoms with Crippen molar-refractivity contribution in [2.75, 3.05) is 18.0 Å². The summed E-state index contributed by atoms with van der Waals surface area (Å²) in [4.78, 5) is 12.7. The van der Waals surface area contributed by atoms with Crippen molar-refractivity contribution in [2.24, 2.45) is 11.1 Å². The van der Waals surface area contributed by atoms with Crippen LogP contribution in [-0.4, -0.2) is 62.6 Å². The summed E-state index contributed by atoms with van der Waals surface area (Å²) in [5.41, 5.74) is -1.88. The lowest BCUT2D eigenvalue weighted by atomic mass is 9.87. The Kier molecular flexibility index (Phi) is 9.13. The van der Waals surface area contributed by atoms with Crippen molar-refractivity contribution in [3.63, 3.8) is 0 Å². The number of carbonyl (C=O) groups is 1. The zero-order valence-electron chi connectivity index (χ0n) is 23.7. The van der Waals surface area contributed by atoms with Gasteiger partial charge in [0.05, 0.1) is 23.2 Å². The zero-order chi connectivity index (χ0) is 33.6. The van der Waals surface area contributed by atoms with Gasteiger partial charge < -0.3 is 26.6 Å². The molecule has 248 valence electrons. The summed E-state index contributed by atoms with van der Waals surface area (Å²) in [6.45, 7) is -0.288. The summed E-state index contributed by atoms with van der Waals surface area (Å²) >= 11 is 0. The third-order valence-corrected chi connectivity index (χ3v) is 10.2. The van der Waals surface area contributed by atoms with Crippen LogP contribution >= 0.6 is 0 Å². The number of anilines is 1. The van der Waals surface area contributed by atoms with E-state index >= 15 is 0 Å². The summed E-state index contributed by atoms with van der Waals surface area (Å²) in [7, 11) is -3.01. The molecule has 2 unspecified atom stereocenters. The van der Waals surface area contributed by atoms with Crippen LogP contribution in [0, 0.1) is 11.2 Å². The molecule has 45 heavy (non-hydrogen) atoms. The minimum absolute atomic E-state index is 0.198. The molecule has 1 amide bonds. The molecule has 1 heterocycles. The molecular weight excluding hydrogens is 637 g/mol. The predicted molar refractivity (Wildman–Crippen MR) is 147 cm³/mol. The highest BCUT2D eigenvalue weighted by Crippen LogP contribution is 2.52. The fourth-order valence-corrected chi connectivity index (χ4v) is 7.35. The highest BCUT2D eigenvalue weighted by atomic mass is 32.2. The Morgan fingerprint density at radius 3 is 2.27 bits per heavy atom. The summed E-state index contributed by atoms with van der Waals surface area (Å²) in [6.07, 6.45) is -11.2. The third kappa shape index (κ3) is 6.29. The number of carbonyl (C=O) groups excluding carboxylic acids is 1. The van der Waals surface area contributed by atoms with Crippen LogP contribution in [0.5, 0.6) is 0 Å². The number of nitrogens with zero attached hydrogens (tertiary/aromatic N) is 1. The molecule has 17 heteroatoms. The number of nitrogens with one attached hydrogen (secondary N) is 2.